The van der Waals surface area contributed by atoms with Crippen molar-refractivity contribution in [3.05, 3.63) is 35.0 Å². The van der Waals surface area contributed by atoms with Crippen LogP contribution in [0, 0.1) is 5.82 Å². The van der Waals surface area contributed by atoms with Crippen molar-refractivity contribution in [1.82, 2.24) is 19.5 Å². The van der Waals surface area contributed by atoms with Gasteiger partial charge in [0.15, 0.2) is 12.1 Å². The number of hydrogen-bond donors (Lipinski definition) is 3. The monoisotopic (exact) mass is 488 g/mol. The summed E-state index contributed by atoms with van der Waals surface area (Å²) in [4.78, 5) is 13.4. The molecule has 2 saturated heterocycles. The highest BCUT2D eigenvalue weighted by Gasteiger charge is 2.43. The topological polar surface area (TPSA) is 120 Å². The first-order valence-corrected chi connectivity index (χ1v) is 11.9. The van der Waals surface area contributed by atoms with E-state index in [4.69, 9.17) is 26.8 Å². The maximum atomic E-state index is 15.2. The second kappa shape index (κ2) is 8.10. The molecule has 0 radical (unpaired) electrons. The Morgan fingerprint density at radius 3 is 2.82 bits per heavy atom. The molecule has 3 fully saturated rings. The number of aromatic nitrogens is 4. The van der Waals surface area contributed by atoms with Gasteiger partial charge in [0.05, 0.1) is 41.2 Å². The molecule has 2 bridgehead atoms. The number of ether oxygens (including phenoxy) is 2. The van der Waals surface area contributed by atoms with Crippen molar-refractivity contribution < 1.29 is 19.0 Å². The number of anilines is 1. The molecular weight excluding hydrogens is 463 g/mol. The first-order chi connectivity index (χ1) is 16.3. The van der Waals surface area contributed by atoms with E-state index in [2.05, 4.69) is 20.3 Å². The normalized spacial score (nSPS) is 30.3. The maximum absolute atomic E-state index is 15.2. The van der Waals surface area contributed by atoms with Crippen LogP contribution in [-0.4, -0.2) is 61.8 Å². The molecule has 34 heavy (non-hydrogen) atoms. The summed E-state index contributed by atoms with van der Waals surface area (Å²) in [7, 11) is 0. The van der Waals surface area contributed by atoms with Crippen LogP contribution in [0.4, 0.5) is 10.3 Å². The van der Waals surface area contributed by atoms with E-state index in [1.165, 1.54) is 12.3 Å². The van der Waals surface area contributed by atoms with Crippen molar-refractivity contribution in [2.24, 2.45) is 5.73 Å². The summed E-state index contributed by atoms with van der Waals surface area (Å²) in [6.07, 6.45) is 1.27. The third-order valence-corrected chi connectivity index (χ3v) is 7.05. The molecule has 3 aromatic rings. The van der Waals surface area contributed by atoms with E-state index in [0.717, 1.165) is 12.2 Å². The maximum Gasteiger partial charge on any atom is 0.223 e. The summed E-state index contributed by atoms with van der Waals surface area (Å²) in [6.45, 7) is 4.53. The van der Waals surface area contributed by atoms with Crippen molar-refractivity contribution in [3.63, 3.8) is 0 Å². The van der Waals surface area contributed by atoms with E-state index in [1.807, 2.05) is 24.5 Å². The molecule has 2 aliphatic heterocycles. The third kappa shape index (κ3) is 3.64. The van der Waals surface area contributed by atoms with E-state index in [1.54, 1.807) is 0 Å². The molecule has 1 aromatic carbocycles. The van der Waals surface area contributed by atoms with Crippen molar-refractivity contribution in [2.75, 3.05) is 11.9 Å². The van der Waals surface area contributed by atoms with Crippen molar-refractivity contribution in [2.45, 2.75) is 69.2 Å². The molecule has 4 heterocycles. The Bertz CT molecular complexity index is 1270. The van der Waals surface area contributed by atoms with Crippen LogP contribution in [0.1, 0.15) is 44.5 Å². The molecule has 1 saturated carbocycles. The van der Waals surface area contributed by atoms with Gasteiger partial charge in [-0.3, -0.25) is 0 Å². The zero-order valence-electron chi connectivity index (χ0n) is 18.8. The lowest BCUT2D eigenvalue weighted by Crippen LogP contribution is -2.48. The standard InChI is InChI=1S/C23H26ClFN6O3/c1-9(2)31-17-4-10(3-14(25)19(17)29-21(31)12-6-15(12)26)18-13(24)7-27-23(30-18)28-16-5-11-8-33-22(34-11)20(16)32/h3-4,7,9,11-12,15-16,20,22,32H,5-6,8,26H2,1-2H3,(H,27,28,30)/t11-,12?,15+,16+,20-,22+/m0/s1. The molecule has 0 spiro atoms. The average Bonchev–Trinajstić information content (AvgIpc) is 3.21. The number of hydrogen-bond acceptors (Lipinski definition) is 8. The first kappa shape index (κ1) is 22.1. The fourth-order valence-corrected chi connectivity index (χ4v) is 5.16. The van der Waals surface area contributed by atoms with Gasteiger partial charge in [-0.2, -0.15) is 0 Å². The van der Waals surface area contributed by atoms with Gasteiger partial charge in [-0.05, 0) is 38.8 Å². The van der Waals surface area contributed by atoms with Crippen LogP contribution >= 0.6 is 11.6 Å². The van der Waals surface area contributed by atoms with Crippen LogP contribution in [0.2, 0.25) is 5.02 Å². The Morgan fingerprint density at radius 1 is 1.29 bits per heavy atom. The van der Waals surface area contributed by atoms with Gasteiger partial charge < -0.3 is 30.2 Å². The number of fused-ring (bicyclic) bond motifs is 3. The van der Waals surface area contributed by atoms with Crippen LogP contribution in [0.5, 0.6) is 0 Å². The van der Waals surface area contributed by atoms with E-state index < -0.39 is 18.2 Å². The second-order valence-corrected chi connectivity index (χ2v) is 10.00. The van der Waals surface area contributed by atoms with E-state index in [0.29, 0.717) is 40.3 Å². The van der Waals surface area contributed by atoms with Gasteiger partial charge in [0.1, 0.15) is 17.4 Å². The van der Waals surface area contributed by atoms with E-state index in [-0.39, 0.29) is 36.1 Å². The molecule has 2 aromatic heterocycles. The van der Waals surface area contributed by atoms with E-state index >= 15 is 4.39 Å². The lowest BCUT2D eigenvalue weighted by atomic mass is 10.0. The second-order valence-electron chi connectivity index (χ2n) is 9.59. The van der Waals surface area contributed by atoms with Crippen LogP contribution in [-0.2, 0) is 9.47 Å². The van der Waals surface area contributed by atoms with Crippen molar-refractivity contribution in [1.29, 1.82) is 0 Å². The summed E-state index contributed by atoms with van der Waals surface area (Å²) in [6, 6.07) is 3.05. The molecule has 6 atom stereocenters. The minimum atomic E-state index is -0.858. The predicted octanol–water partition coefficient (Wildman–Crippen LogP) is 2.97. The summed E-state index contributed by atoms with van der Waals surface area (Å²) in [5, 5.41) is 14.0. The van der Waals surface area contributed by atoms with Crippen LogP contribution in [0.3, 0.4) is 0 Å². The Balaban J connectivity index is 1.38. The van der Waals surface area contributed by atoms with Gasteiger partial charge in [0.25, 0.3) is 0 Å². The average molecular weight is 489 g/mol. The number of nitrogens with two attached hydrogens (primary N) is 1. The number of rotatable bonds is 5. The fraction of sp³-hybridized carbons (Fsp3) is 0.522. The highest BCUT2D eigenvalue weighted by Crippen LogP contribution is 2.42. The Kier molecular flexibility index (Phi) is 5.27. The minimum absolute atomic E-state index is 0.0583. The zero-order valence-corrected chi connectivity index (χ0v) is 19.5. The number of aliphatic hydroxyl groups is 1. The lowest BCUT2D eigenvalue weighted by molar-refractivity contribution is -0.156. The number of halogens is 2. The molecule has 180 valence electrons. The molecule has 1 aliphatic carbocycles. The van der Waals surface area contributed by atoms with Gasteiger partial charge in [-0.25, -0.2) is 19.3 Å². The summed E-state index contributed by atoms with van der Waals surface area (Å²) < 4.78 is 28.3. The molecule has 9 nitrogen and oxygen atoms in total. The number of aliphatic hydroxyl groups excluding tert-OH is 1. The molecule has 3 aliphatic rings. The SMILES string of the molecule is CC(C)n1c(C2C[C@H]2N)nc2c(F)cc(-c3nc(N[C@@H]4C[C@H]5CO[C@H](O5)[C@H]4O)ncc3Cl)cc21. The summed E-state index contributed by atoms with van der Waals surface area (Å²) >= 11 is 6.45. The van der Waals surface area contributed by atoms with Gasteiger partial charge in [0, 0.05) is 23.6 Å². The minimum Gasteiger partial charge on any atom is -0.386 e. The lowest BCUT2D eigenvalue weighted by Gasteiger charge is -2.32. The van der Waals surface area contributed by atoms with Crippen LogP contribution < -0.4 is 11.1 Å². The largest absolute Gasteiger partial charge is 0.386 e. The third-order valence-electron chi connectivity index (χ3n) is 6.78. The number of imidazole rings is 1. The van der Waals surface area contributed by atoms with Crippen LogP contribution in [0.15, 0.2) is 18.3 Å². The summed E-state index contributed by atoms with van der Waals surface area (Å²) in [5.74, 6) is 0.795. The molecular formula is C23H26ClFN6O3. The smallest absolute Gasteiger partial charge is 0.223 e. The van der Waals surface area contributed by atoms with E-state index in [9.17, 15) is 5.11 Å². The highest BCUT2D eigenvalue weighted by molar-refractivity contribution is 6.33. The molecule has 1 unspecified atom stereocenters. The number of benzene rings is 1. The quantitative estimate of drug-likeness (QED) is 0.501. The summed E-state index contributed by atoms with van der Waals surface area (Å²) in [5.41, 5.74) is 7.97. The number of nitrogens with one attached hydrogen (secondary N) is 1. The molecule has 11 heteroatoms. The van der Waals surface area contributed by atoms with Gasteiger partial charge in [0.2, 0.25) is 5.95 Å². The zero-order chi connectivity index (χ0) is 23.7. The van der Waals surface area contributed by atoms with Crippen LogP contribution in [0.25, 0.3) is 22.3 Å². The Labute approximate surface area is 200 Å². The van der Waals surface area contributed by atoms with Gasteiger partial charge in [-0.15, -0.1) is 0 Å². The molecule has 0 amide bonds. The molecule has 4 N–H and O–H groups in total. The van der Waals surface area contributed by atoms with Crippen molar-refractivity contribution >= 4 is 28.6 Å². The molecule has 6 rings (SSSR count). The number of nitrogens with zero attached hydrogens (tertiary/aromatic N) is 4. The van der Waals surface area contributed by atoms with Gasteiger partial charge >= 0.3 is 0 Å². The highest BCUT2D eigenvalue weighted by atomic mass is 35.5. The fourth-order valence-electron chi connectivity index (χ4n) is 4.96. The first-order valence-electron chi connectivity index (χ1n) is 11.5. The Morgan fingerprint density at radius 2 is 2.09 bits per heavy atom. The van der Waals surface area contributed by atoms with Gasteiger partial charge in [-0.1, -0.05) is 11.6 Å². The Hall–Kier alpha value is -2.37. The predicted molar refractivity (Wildman–Crippen MR) is 124 cm³/mol. The van der Waals surface area contributed by atoms with Crippen molar-refractivity contribution in [3.8, 4) is 11.3 Å².